The Hall–Kier alpha value is -1.14. The maximum absolute atomic E-state index is 11.4. The lowest BCUT2D eigenvalue weighted by Gasteiger charge is -1.92. The Balaban J connectivity index is 2.77. The summed E-state index contributed by atoms with van der Waals surface area (Å²) in [6, 6.07) is 0. The number of carbonyl (C=O) groups is 1. The van der Waals surface area contributed by atoms with Crippen LogP contribution in [0.15, 0.2) is 0 Å². The van der Waals surface area contributed by atoms with Gasteiger partial charge in [-0.2, -0.15) is 0 Å². The van der Waals surface area contributed by atoms with E-state index in [0.29, 0.717) is 9.65 Å². The number of nitrogens with one attached hydrogen (secondary N) is 2. The molecule has 2 aromatic rings. The first-order chi connectivity index (χ1) is 6.63. The Morgan fingerprint density at radius 1 is 1.43 bits per heavy atom. The highest BCUT2D eigenvalue weighted by Gasteiger charge is 2.17. The van der Waals surface area contributed by atoms with E-state index in [-0.39, 0.29) is 5.97 Å². The van der Waals surface area contributed by atoms with Crippen molar-refractivity contribution in [2.75, 3.05) is 7.11 Å². The Labute approximate surface area is 88.9 Å². The molecule has 0 aliphatic rings. The van der Waals surface area contributed by atoms with Gasteiger partial charge in [0, 0.05) is 4.88 Å². The summed E-state index contributed by atoms with van der Waals surface area (Å²) < 4.78 is 5.19. The summed E-state index contributed by atoms with van der Waals surface area (Å²) >= 11 is 6.34. The molecule has 0 saturated heterocycles. The van der Waals surface area contributed by atoms with Crippen LogP contribution < -0.4 is 0 Å². The van der Waals surface area contributed by atoms with E-state index >= 15 is 0 Å². The topological polar surface area (TPSA) is 57.9 Å². The van der Waals surface area contributed by atoms with Gasteiger partial charge >= 0.3 is 5.97 Å². The van der Waals surface area contributed by atoms with Gasteiger partial charge in [0.15, 0.2) is 4.77 Å². The van der Waals surface area contributed by atoms with Gasteiger partial charge in [0.05, 0.1) is 18.1 Å². The van der Waals surface area contributed by atoms with E-state index < -0.39 is 0 Å². The fourth-order valence-electron chi connectivity index (χ4n) is 1.31. The van der Waals surface area contributed by atoms with Crippen molar-refractivity contribution in [1.82, 2.24) is 9.97 Å². The maximum Gasteiger partial charge on any atom is 0.350 e. The molecule has 14 heavy (non-hydrogen) atoms. The molecule has 2 rings (SSSR count). The van der Waals surface area contributed by atoms with Gasteiger partial charge in [0.2, 0.25) is 0 Å². The summed E-state index contributed by atoms with van der Waals surface area (Å²) in [5.74, 6) is -0.335. The molecular weight excluding hydrogens is 220 g/mol. The minimum atomic E-state index is -0.335. The average molecular weight is 228 g/mol. The molecule has 2 heterocycles. The van der Waals surface area contributed by atoms with Crippen LogP contribution in [0.1, 0.15) is 14.5 Å². The molecule has 6 heteroatoms. The second kappa shape index (κ2) is 3.21. The van der Waals surface area contributed by atoms with Crippen LogP contribution in [0.4, 0.5) is 0 Å². The van der Waals surface area contributed by atoms with E-state index in [4.69, 9.17) is 12.2 Å². The molecule has 0 spiro atoms. The number of hydrogen-bond acceptors (Lipinski definition) is 4. The summed E-state index contributed by atoms with van der Waals surface area (Å²) in [6.45, 7) is 1.93. The maximum atomic E-state index is 11.4. The van der Waals surface area contributed by atoms with E-state index in [2.05, 4.69) is 14.7 Å². The van der Waals surface area contributed by atoms with Gasteiger partial charge in [-0.05, 0) is 19.1 Å². The van der Waals surface area contributed by atoms with Gasteiger partial charge in [-0.25, -0.2) is 4.79 Å². The molecule has 0 unspecified atom stereocenters. The molecule has 0 atom stereocenters. The number of methoxy groups -OCH3 is 1. The van der Waals surface area contributed by atoms with Crippen LogP contribution in [0.3, 0.4) is 0 Å². The zero-order valence-corrected chi connectivity index (χ0v) is 9.27. The number of aromatic amines is 2. The predicted octanol–water partition coefficient (Wildman–Crippen LogP) is 2.38. The first kappa shape index (κ1) is 9.42. The number of aryl methyl sites for hydroxylation is 1. The number of carbonyl (C=O) groups excluding carboxylic acids is 1. The Kier molecular flexibility index (Phi) is 2.16. The first-order valence-electron chi connectivity index (χ1n) is 3.93. The van der Waals surface area contributed by atoms with Gasteiger partial charge < -0.3 is 14.7 Å². The quantitative estimate of drug-likeness (QED) is 0.582. The standard InChI is InChI=1S/C8H8N2O2S2/c1-3-4-5(10-8(13)9-4)6(14-3)7(11)12-2/h1-2H3,(H2,9,10,13). The van der Waals surface area contributed by atoms with Crippen molar-refractivity contribution in [2.45, 2.75) is 6.92 Å². The lowest BCUT2D eigenvalue weighted by Crippen LogP contribution is -1.98. The summed E-state index contributed by atoms with van der Waals surface area (Å²) in [4.78, 5) is 18.9. The molecule has 2 aromatic heterocycles. The van der Waals surface area contributed by atoms with E-state index in [1.165, 1.54) is 18.4 Å². The van der Waals surface area contributed by atoms with Crippen molar-refractivity contribution in [3.8, 4) is 0 Å². The van der Waals surface area contributed by atoms with E-state index in [0.717, 1.165) is 15.9 Å². The molecule has 0 aromatic carbocycles. The molecule has 4 nitrogen and oxygen atoms in total. The largest absolute Gasteiger partial charge is 0.465 e. The Morgan fingerprint density at radius 2 is 2.07 bits per heavy atom. The second-order valence-corrected chi connectivity index (χ2v) is 4.44. The lowest BCUT2D eigenvalue weighted by atomic mass is 10.3. The van der Waals surface area contributed by atoms with Gasteiger partial charge in [-0.15, -0.1) is 11.3 Å². The van der Waals surface area contributed by atoms with E-state index in [9.17, 15) is 4.79 Å². The third-order valence-corrected chi connectivity index (χ3v) is 3.22. The van der Waals surface area contributed by atoms with Crippen molar-refractivity contribution in [3.63, 3.8) is 0 Å². The van der Waals surface area contributed by atoms with Crippen LogP contribution in [-0.4, -0.2) is 23.0 Å². The van der Waals surface area contributed by atoms with E-state index in [1.807, 2.05) is 6.92 Å². The molecule has 0 radical (unpaired) electrons. The summed E-state index contributed by atoms with van der Waals surface area (Å²) in [5, 5.41) is 0. The van der Waals surface area contributed by atoms with Crippen molar-refractivity contribution in [1.29, 1.82) is 0 Å². The van der Waals surface area contributed by atoms with Gasteiger partial charge in [0.25, 0.3) is 0 Å². The van der Waals surface area contributed by atoms with Crippen molar-refractivity contribution in [2.24, 2.45) is 0 Å². The smallest absolute Gasteiger partial charge is 0.350 e. The molecule has 0 aliphatic carbocycles. The number of imidazole rings is 1. The zero-order chi connectivity index (χ0) is 10.3. The van der Waals surface area contributed by atoms with Crippen molar-refractivity contribution in [3.05, 3.63) is 14.5 Å². The van der Waals surface area contributed by atoms with Gasteiger partial charge in [-0.3, -0.25) is 0 Å². The first-order valence-corrected chi connectivity index (χ1v) is 5.15. The normalized spacial score (nSPS) is 10.7. The zero-order valence-electron chi connectivity index (χ0n) is 7.63. The van der Waals surface area contributed by atoms with Crippen molar-refractivity contribution < 1.29 is 9.53 Å². The van der Waals surface area contributed by atoms with Gasteiger partial charge in [-0.1, -0.05) is 0 Å². The fourth-order valence-corrected chi connectivity index (χ4v) is 2.50. The summed E-state index contributed by atoms with van der Waals surface area (Å²) in [7, 11) is 1.37. The molecule has 0 aliphatic heterocycles. The molecule has 2 N–H and O–H groups in total. The molecule has 0 amide bonds. The number of fused-ring (bicyclic) bond motifs is 1. The SMILES string of the molecule is COC(=O)c1sc(C)c2[nH]c(=S)[nH]c12. The highest BCUT2D eigenvalue weighted by Crippen LogP contribution is 2.28. The molecule has 0 bridgehead atoms. The third kappa shape index (κ3) is 1.27. The Bertz CT molecular complexity index is 549. The number of aromatic nitrogens is 2. The summed E-state index contributed by atoms with van der Waals surface area (Å²) in [5.41, 5.74) is 1.63. The molecular formula is C8H8N2O2S2. The number of thiophene rings is 1. The van der Waals surface area contributed by atoms with Gasteiger partial charge in [0.1, 0.15) is 4.88 Å². The van der Waals surface area contributed by atoms with Crippen LogP contribution in [0, 0.1) is 11.7 Å². The lowest BCUT2D eigenvalue weighted by molar-refractivity contribution is 0.0608. The van der Waals surface area contributed by atoms with Crippen molar-refractivity contribution >= 4 is 40.6 Å². The minimum Gasteiger partial charge on any atom is -0.465 e. The van der Waals surface area contributed by atoms with Crippen LogP contribution in [-0.2, 0) is 4.74 Å². The van der Waals surface area contributed by atoms with Crippen LogP contribution in [0.5, 0.6) is 0 Å². The Morgan fingerprint density at radius 3 is 2.71 bits per heavy atom. The molecule has 74 valence electrons. The highest BCUT2D eigenvalue weighted by molar-refractivity contribution is 7.71. The van der Waals surface area contributed by atoms with Crippen LogP contribution in [0.25, 0.3) is 11.0 Å². The van der Waals surface area contributed by atoms with Crippen LogP contribution >= 0.6 is 23.6 Å². The number of esters is 1. The molecule has 0 fully saturated rings. The predicted molar refractivity (Wildman–Crippen MR) is 57.4 cm³/mol. The number of H-pyrrole nitrogens is 2. The van der Waals surface area contributed by atoms with E-state index in [1.54, 1.807) is 0 Å². The summed E-state index contributed by atoms with van der Waals surface area (Å²) in [6.07, 6.45) is 0. The third-order valence-electron chi connectivity index (χ3n) is 1.93. The number of rotatable bonds is 1. The monoisotopic (exact) mass is 228 g/mol. The number of hydrogen-bond donors (Lipinski definition) is 2. The fraction of sp³-hybridized carbons (Fsp3) is 0.250. The minimum absolute atomic E-state index is 0.335. The highest BCUT2D eigenvalue weighted by atomic mass is 32.1. The average Bonchev–Trinajstić information content (AvgIpc) is 2.65. The van der Waals surface area contributed by atoms with Crippen LogP contribution in [0.2, 0.25) is 0 Å². The second-order valence-electron chi connectivity index (χ2n) is 2.81. The number of ether oxygens (including phenoxy) is 1. The molecule has 0 saturated carbocycles.